The van der Waals surface area contributed by atoms with Crippen LogP contribution in [-0.4, -0.2) is 17.9 Å². The zero-order chi connectivity index (χ0) is 20.5. The fraction of sp³-hybridized carbons (Fsp3) is 0.217. The third kappa shape index (κ3) is 2.59. The summed E-state index contributed by atoms with van der Waals surface area (Å²) in [5.41, 5.74) is 5.72. The molecule has 1 N–H and O–H groups in total. The van der Waals surface area contributed by atoms with Gasteiger partial charge in [0.1, 0.15) is 11.2 Å². The third-order valence-electron chi connectivity index (χ3n) is 5.77. The molecule has 5 rings (SSSR count). The molecule has 0 radical (unpaired) electrons. The van der Waals surface area contributed by atoms with Gasteiger partial charge in [0, 0.05) is 21.2 Å². The quantitative estimate of drug-likeness (QED) is 0.525. The largest absolute Gasteiger partial charge is 0.467 e. The highest BCUT2D eigenvalue weighted by Crippen LogP contribution is 2.49. The predicted molar refractivity (Wildman–Crippen MR) is 116 cm³/mol. The van der Waals surface area contributed by atoms with Gasteiger partial charge < -0.3 is 4.74 Å². The first kappa shape index (κ1) is 18.2. The summed E-state index contributed by atoms with van der Waals surface area (Å²) < 4.78 is 7.35. The third-order valence-corrected chi connectivity index (χ3v) is 6.27. The molecule has 1 fully saturated rings. The molecule has 0 aliphatic carbocycles. The zero-order valence-electron chi connectivity index (χ0n) is 16.2. The molecule has 0 spiro atoms. The van der Waals surface area contributed by atoms with Gasteiger partial charge in [0.2, 0.25) is 12.1 Å². The van der Waals surface area contributed by atoms with Crippen LogP contribution in [0.1, 0.15) is 31.1 Å². The van der Waals surface area contributed by atoms with Gasteiger partial charge in [0.25, 0.3) is 0 Å². The molecule has 6 heteroatoms. The molecular weight excluding hydrogens is 432 g/mol. The predicted octanol–water partition coefficient (Wildman–Crippen LogP) is 5.07. The standard InChI is InChI=1S/C23H19BrN2O3/c1-12(27)13-4-7-16-14(10-13)5-9-19-20(16)17-8-6-15(24)11-18(17)26-22(29-19)23(2,3)21(28)25-26/h4-11,22H,1-3H3,(H,25,28). The van der Waals surface area contributed by atoms with Crippen LogP contribution in [0.3, 0.4) is 0 Å². The van der Waals surface area contributed by atoms with Crippen molar-refractivity contribution in [1.29, 1.82) is 0 Å². The Bertz CT molecular complexity index is 1220. The van der Waals surface area contributed by atoms with E-state index >= 15 is 0 Å². The van der Waals surface area contributed by atoms with Crippen molar-refractivity contribution in [3.63, 3.8) is 0 Å². The minimum Gasteiger partial charge on any atom is -0.467 e. The number of carbonyl (C=O) groups excluding carboxylic acids is 2. The number of nitrogens with one attached hydrogen (secondary N) is 1. The van der Waals surface area contributed by atoms with Crippen LogP contribution in [0.25, 0.3) is 21.9 Å². The molecule has 146 valence electrons. The van der Waals surface area contributed by atoms with Gasteiger partial charge in [-0.2, -0.15) is 0 Å². The van der Waals surface area contributed by atoms with E-state index in [1.165, 1.54) is 0 Å². The Morgan fingerprint density at radius 1 is 1.14 bits per heavy atom. The fourth-order valence-electron chi connectivity index (χ4n) is 4.07. The van der Waals surface area contributed by atoms with Crippen molar-refractivity contribution in [3.8, 4) is 16.9 Å². The van der Waals surface area contributed by atoms with E-state index in [-0.39, 0.29) is 11.7 Å². The van der Waals surface area contributed by atoms with E-state index in [1.54, 1.807) is 6.92 Å². The van der Waals surface area contributed by atoms with Gasteiger partial charge in [-0.3, -0.25) is 15.0 Å². The highest BCUT2D eigenvalue weighted by Gasteiger charge is 2.51. The summed E-state index contributed by atoms with van der Waals surface area (Å²) in [6, 6.07) is 15.6. The highest BCUT2D eigenvalue weighted by atomic mass is 79.9. The molecule has 1 amide bonds. The highest BCUT2D eigenvalue weighted by molar-refractivity contribution is 9.10. The first-order valence-electron chi connectivity index (χ1n) is 9.42. The molecule has 0 aromatic heterocycles. The lowest BCUT2D eigenvalue weighted by Gasteiger charge is -2.29. The molecule has 0 saturated carbocycles. The second kappa shape index (κ2) is 6.07. The number of ether oxygens (including phenoxy) is 1. The van der Waals surface area contributed by atoms with Gasteiger partial charge in [-0.25, -0.2) is 5.01 Å². The molecule has 2 heterocycles. The average Bonchev–Trinajstić information content (AvgIpc) is 2.83. The Kier molecular flexibility index (Phi) is 3.80. The van der Waals surface area contributed by atoms with Gasteiger partial charge >= 0.3 is 0 Å². The Labute approximate surface area is 176 Å². The van der Waals surface area contributed by atoms with Gasteiger partial charge in [0.05, 0.1) is 5.69 Å². The van der Waals surface area contributed by atoms with Crippen molar-refractivity contribution in [2.45, 2.75) is 27.0 Å². The van der Waals surface area contributed by atoms with Crippen LogP contribution in [0.15, 0.2) is 53.0 Å². The van der Waals surface area contributed by atoms with E-state index in [4.69, 9.17) is 4.74 Å². The lowest BCUT2D eigenvalue weighted by Crippen LogP contribution is -2.44. The first-order valence-corrected chi connectivity index (χ1v) is 10.2. The monoisotopic (exact) mass is 450 g/mol. The number of hydrogen-bond donors (Lipinski definition) is 1. The second-order valence-electron chi connectivity index (χ2n) is 8.10. The van der Waals surface area contributed by atoms with Crippen molar-refractivity contribution in [2.75, 3.05) is 5.01 Å². The minimum atomic E-state index is -0.728. The Morgan fingerprint density at radius 2 is 1.93 bits per heavy atom. The minimum absolute atomic E-state index is 0.0347. The Hall–Kier alpha value is -2.86. The SMILES string of the molecule is CC(=O)c1ccc2c3c(ccc2c1)OC1N(NC(=O)C1(C)C)c1cc(Br)ccc1-3. The maximum Gasteiger partial charge on any atom is 0.250 e. The number of benzene rings is 3. The number of fused-ring (bicyclic) bond motifs is 7. The van der Waals surface area contributed by atoms with Gasteiger partial charge in [0.15, 0.2) is 5.78 Å². The van der Waals surface area contributed by atoms with Gasteiger partial charge in [-0.15, -0.1) is 0 Å². The number of nitrogens with zero attached hydrogens (tertiary/aromatic N) is 1. The van der Waals surface area contributed by atoms with E-state index in [0.29, 0.717) is 11.3 Å². The molecule has 3 aromatic carbocycles. The van der Waals surface area contributed by atoms with Crippen LogP contribution in [0.2, 0.25) is 0 Å². The number of hydrogen-bond acceptors (Lipinski definition) is 4. The average molecular weight is 451 g/mol. The Morgan fingerprint density at radius 3 is 2.69 bits per heavy atom. The fourth-order valence-corrected chi connectivity index (χ4v) is 4.42. The van der Waals surface area contributed by atoms with Gasteiger partial charge in [-0.05, 0) is 55.8 Å². The van der Waals surface area contributed by atoms with Crippen molar-refractivity contribution >= 4 is 44.1 Å². The van der Waals surface area contributed by atoms with Crippen LogP contribution in [0.5, 0.6) is 5.75 Å². The molecule has 3 aromatic rings. The molecule has 2 aliphatic rings. The van der Waals surface area contributed by atoms with E-state index in [0.717, 1.165) is 32.1 Å². The topological polar surface area (TPSA) is 58.6 Å². The summed E-state index contributed by atoms with van der Waals surface area (Å²) in [7, 11) is 0. The molecule has 29 heavy (non-hydrogen) atoms. The summed E-state index contributed by atoms with van der Waals surface area (Å²) in [5.74, 6) is 0.671. The number of anilines is 1. The van der Waals surface area contributed by atoms with E-state index in [9.17, 15) is 9.59 Å². The van der Waals surface area contributed by atoms with E-state index in [2.05, 4.69) is 21.4 Å². The second-order valence-corrected chi connectivity index (χ2v) is 9.01. The summed E-state index contributed by atoms with van der Waals surface area (Å²) in [4.78, 5) is 24.4. The van der Waals surface area contributed by atoms with Gasteiger partial charge in [-0.1, -0.05) is 40.2 Å². The lowest BCUT2D eigenvalue weighted by atomic mass is 9.91. The van der Waals surface area contributed by atoms with Crippen LogP contribution >= 0.6 is 15.9 Å². The number of rotatable bonds is 1. The number of hydrazine groups is 1. The van der Waals surface area contributed by atoms with Crippen LogP contribution < -0.4 is 15.2 Å². The van der Waals surface area contributed by atoms with Crippen molar-refractivity contribution < 1.29 is 14.3 Å². The smallest absolute Gasteiger partial charge is 0.250 e. The number of carbonyl (C=O) groups is 2. The molecule has 1 unspecified atom stereocenters. The molecular formula is C23H19BrN2O3. The maximum atomic E-state index is 12.6. The summed E-state index contributed by atoms with van der Waals surface area (Å²) in [6.45, 7) is 5.34. The van der Waals surface area contributed by atoms with Crippen molar-refractivity contribution in [1.82, 2.24) is 5.43 Å². The summed E-state index contributed by atoms with van der Waals surface area (Å²) in [5, 5.41) is 3.79. The lowest BCUT2D eigenvalue weighted by molar-refractivity contribution is -0.128. The number of amides is 1. The summed E-state index contributed by atoms with van der Waals surface area (Å²) >= 11 is 3.55. The van der Waals surface area contributed by atoms with E-state index < -0.39 is 11.6 Å². The van der Waals surface area contributed by atoms with Crippen LogP contribution in [0.4, 0.5) is 5.69 Å². The molecule has 2 aliphatic heterocycles. The molecule has 1 atom stereocenters. The normalized spacial score (nSPS) is 19.0. The number of ketones is 1. The Balaban J connectivity index is 1.83. The van der Waals surface area contributed by atoms with Crippen LogP contribution in [-0.2, 0) is 4.79 Å². The molecule has 0 bridgehead atoms. The number of Topliss-reactive ketones (excluding diaryl/α,β-unsaturated/α-hetero) is 1. The van der Waals surface area contributed by atoms with Crippen LogP contribution in [0, 0.1) is 5.41 Å². The first-order chi connectivity index (χ1) is 13.8. The molecule has 1 saturated heterocycles. The zero-order valence-corrected chi connectivity index (χ0v) is 17.8. The summed E-state index contributed by atoms with van der Waals surface area (Å²) in [6.07, 6.45) is -0.488. The van der Waals surface area contributed by atoms with Crippen molar-refractivity contribution in [2.24, 2.45) is 5.41 Å². The van der Waals surface area contributed by atoms with Crippen molar-refractivity contribution in [3.05, 3.63) is 58.6 Å². The van der Waals surface area contributed by atoms with E-state index in [1.807, 2.05) is 67.4 Å². The maximum absolute atomic E-state index is 12.6. The number of halogens is 1. The molecule has 5 nitrogen and oxygen atoms in total.